The van der Waals surface area contributed by atoms with Crippen LogP contribution < -0.4 is 0 Å². The van der Waals surface area contributed by atoms with Crippen LogP contribution in [-0.2, 0) is 18.9 Å². The molecule has 8 nitrogen and oxygen atoms in total. The van der Waals surface area contributed by atoms with Crippen LogP contribution in [0.15, 0.2) is 0 Å². The third-order valence-electron chi connectivity index (χ3n) is 10.3. The van der Waals surface area contributed by atoms with E-state index in [1.807, 2.05) is 6.92 Å². The summed E-state index contributed by atoms with van der Waals surface area (Å²) in [5.41, 5.74) is 0. The summed E-state index contributed by atoms with van der Waals surface area (Å²) in [4.78, 5) is 0. The van der Waals surface area contributed by atoms with Gasteiger partial charge in [0, 0.05) is 43.5 Å². The van der Waals surface area contributed by atoms with Crippen LogP contribution >= 0.6 is 0 Å². The topological polar surface area (TPSA) is 132 Å². The Balaban J connectivity index is 0.000000307. The van der Waals surface area contributed by atoms with E-state index in [2.05, 4.69) is 86.6 Å². The van der Waals surface area contributed by atoms with Gasteiger partial charge >= 0.3 is 0 Å². The lowest BCUT2D eigenvalue weighted by molar-refractivity contribution is -0.0490. The van der Waals surface area contributed by atoms with Gasteiger partial charge in [-0.05, 0) is 63.2 Å². The standard InChI is InChI=1S/2C10H17NO.2C9H15NO/c1-7(2)10-6-12-8(3)4-9(10)5-11;1-7(2)10-8(3)12-5-4-9(10)6-11;2*1-7(2)9-6-11-4-3-8(9)5-10/h7-10H,4,6H2,1-3H3;7-10H,4-5H2,1-3H3;2*7-9H,3-4,6H2,1-2H3. The fraction of sp³-hybridized carbons (Fsp3) is 0.895. The quantitative estimate of drug-likeness (QED) is 0.301. The van der Waals surface area contributed by atoms with Crippen LogP contribution in [-0.4, -0.2) is 51.8 Å². The van der Waals surface area contributed by atoms with Gasteiger partial charge in [-0.25, -0.2) is 0 Å². The largest absolute Gasteiger partial charge is 0.381 e. The minimum Gasteiger partial charge on any atom is -0.381 e. The lowest BCUT2D eigenvalue weighted by Gasteiger charge is -2.35. The van der Waals surface area contributed by atoms with Crippen LogP contribution in [0.4, 0.5) is 0 Å². The van der Waals surface area contributed by atoms with Gasteiger partial charge in [0.1, 0.15) is 0 Å². The first-order chi connectivity index (χ1) is 21.8. The van der Waals surface area contributed by atoms with Crippen LogP contribution in [0.5, 0.6) is 0 Å². The van der Waals surface area contributed by atoms with Gasteiger partial charge in [0.2, 0.25) is 0 Å². The molecule has 10 atom stereocenters. The highest BCUT2D eigenvalue weighted by atomic mass is 16.5. The molecule has 0 radical (unpaired) electrons. The Hall–Kier alpha value is -2.20. The van der Waals surface area contributed by atoms with Gasteiger partial charge in [0.15, 0.2) is 0 Å². The zero-order valence-corrected chi connectivity index (χ0v) is 30.6. The minimum absolute atomic E-state index is 0.203. The van der Waals surface area contributed by atoms with E-state index in [-0.39, 0.29) is 35.9 Å². The van der Waals surface area contributed by atoms with Gasteiger partial charge in [-0.15, -0.1) is 0 Å². The van der Waals surface area contributed by atoms with E-state index in [0.717, 1.165) is 65.3 Å². The molecule has 46 heavy (non-hydrogen) atoms. The number of hydrogen-bond acceptors (Lipinski definition) is 8. The van der Waals surface area contributed by atoms with Crippen LogP contribution in [0.2, 0.25) is 0 Å². The maximum atomic E-state index is 8.92. The van der Waals surface area contributed by atoms with Gasteiger partial charge in [-0.3, -0.25) is 0 Å². The number of nitrogens with zero attached hydrogens (tertiary/aromatic N) is 4. The maximum Gasteiger partial charge on any atom is 0.0660 e. The molecule has 260 valence electrons. The molecule has 4 fully saturated rings. The van der Waals surface area contributed by atoms with Crippen molar-refractivity contribution in [3.63, 3.8) is 0 Å². The third-order valence-corrected chi connectivity index (χ3v) is 10.3. The Morgan fingerprint density at radius 2 is 0.913 bits per heavy atom. The van der Waals surface area contributed by atoms with Gasteiger partial charge in [0.05, 0.1) is 80.0 Å². The van der Waals surface area contributed by atoms with Crippen molar-refractivity contribution >= 4 is 0 Å². The molecule has 0 aliphatic carbocycles. The Morgan fingerprint density at radius 3 is 1.26 bits per heavy atom. The average Bonchev–Trinajstić information content (AvgIpc) is 3.04. The second-order valence-electron chi connectivity index (χ2n) is 15.0. The molecule has 0 aromatic heterocycles. The first-order valence-corrected chi connectivity index (χ1v) is 17.8. The van der Waals surface area contributed by atoms with Crippen molar-refractivity contribution in [2.75, 3.05) is 39.6 Å². The zero-order chi connectivity index (χ0) is 34.8. The number of hydrogen-bond donors (Lipinski definition) is 0. The summed E-state index contributed by atoms with van der Waals surface area (Å²) in [6, 6.07) is 9.48. The first-order valence-electron chi connectivity index (χ1n) is 17.8. The van der Waals surface area contributed by atoms with Crippen molar-refractivity contribution in [3.05, 3.63) is 0 Å². The molecule has 10 unspecified atom stereocenters. The lowest BCUT2D eigenvalue weighted by Crippen LogP contribution is -2.37. The molecule has 0 saturated carbocycles. The number of ether oxygens (including phenoxy) is 4. The van der Waals surface area contributed by atoms with E-state index in [0.29, 0.717) is 47.3 Å². The molecule has 4 heterocycles. The Kier molecular flexibility index (Phi) is 20.4. The Morgan fingerprint density at radius 1 is 0.500 bits per heavy atom. The monoisotopic (exact) mass is 640 g/mol. The maximum absolute atomic E-state index is 8.92. The van der Waals surface area contributed by atoms with Gasteiger partial charge < -0.3 is 18.9 Å². The van der Waals surface area contributed by atoms with E-state index < -0.39 is 0 Å². The van der Waals surface area contributed by atoms with Crippen molar-refractivity contribution in [1.29, 1.82) is 21.0 Å². The highest BCUT2D eigenvalue weighted by Crippen LogP contribution is 2.33. The van der Waals surface area contributed by atoms with Crippen LogP contribution in [0.25, 0.3) is 0 Å². The Labute approximate surface area is 281 Å². The predicted octanol–water partition coefficient (Wildman–Crippen LogP) is 8.05. The molecule has 0 bridgehead atoms. The van der Waals surface area contributed by atoms with E-state index >= 15 is 0 Å². The summed E-state index contributed by atoms with van der Waals surface area (Å²) in [5, 5.41) is 35.5. The van der Waals surface area contributed by atoms with E-state index in [4.69, 9.17) is 40.0 Å². The molecule has 4 rings (SSSR count). The summed E-state index contributed by atoms with van der Waals surface area (Å²) < 4.78 is 21.7. The molecular formula is C38H64N4O4. The van der Waals surface area contributed by atoms with Crippen molar-refractivity contribution in [2.45, 2.75) is 107 Å². The summed E-state index contributed by atoms with van der Waals surface area (Å²) in [6.45, 7) is 26.0. The van der Waals surface area contributed by atoms with Crippen molar-refractivity contribution < 1.29 is 18.9 Å². The number of nitriles is 4. The van der Waals surface area contributed by atoms with Crippen LogP contribution in [0.3, 0.4) is 0 Å². The SMILES string of the molecule is CC(C)C1C(C#N)CCOC1C.CC(C)C1COCCC1C#N.CC(C)C1COCCC1C#N.CC1CC(C#N)C(C(C)C)CO1. The molecule has 8 heteroatoms. The second kappa shape index (κ2) is 22.4. The first kappa shape index (κ1) is 41.8. The van der Waals surface area contributed by atoms with E-state index in [1.165, 1.54) is 0 Å². The molecule has 4 aliphatic rings. The Bertz CT molecular complexity index is 954. The predicted molar refractivity (Wildman–Crippen MR) is 181 cm³/mol. The highest BCUT2D eigenvalue weighted by Gasteiger charge is 2.34. The zero-order valence-electron chi connectivity index (χ0n) is 30.6. The second-order valence-corrected chi connectivity index (χ2v) is 15.0. The smallest absolute Gasteiger partial charge is 0.0660 e. The summed E-state index contributed by atoms with van der Waals surface area (Å²) in [7, 11) is 0. The normalized spacial score (nSPS) is 34.2. The molecule has 0 aromatic rings. The van der Waals surface area contributed by atoms with Crippen molar-refractivity contribution in [1.82, 2.24) is 0 Å². The van der Waals surface area contributed by atoms with Crippen LogP contribution in [0, 0.1) is 116 Å². The fourth-order valence-electron chi connectivity index (χ4n) is 7.12. The van der Waals surface area contributed by atoms with Gasteiger partial charge in [-0.2, -0.15) is 21.0 Å². The highest BCUT2D eigenvalue weighted by molar-refractivity contribution is 4.95. The molecular weight excluding hydrogens is 576 g/mol. The number of rotatable bonds is 4. The molecule has 4 saturated heterocycles. The molecule has 0 amide bonds. The van der Waals surface area contributed by atoms with Crippen molar-refractivity contribution in [2.24, 2.45) is 71.0 Å². The lowest BCUT2D eigenvalue weighted by atomic mass is 9.77. The molecule has 0 N–H and O–H groups in total. The average molecular weight is 641 g/mol. The molecule has 0 aromatic carbocycles. The summed E-state index contributed by atoms with van der Waals surface area (Å²) >= 11 is 0. The minimum atomic E-state index is 0.203. The molecule has 4 aliphatic heterocycles. The summed E-state index contributed by atoms with van der Waals surface area (Å²) in [6.07, 6.45) is 4.16. The summed E-state index contributed by atoms with van der Waals surface area (Å²) in [5.74, 6) is 4.86. The van der Waals surface area contributed by atoms with Crippen LogP contribution in [0.1, 0.15) is 94.9 Å². The van der Waals surface area contributed by atoms with Gasteiger partial charge in [0.25, 0.3) is 0 Å². The molecule has 0 spiro atoms. The van der Waals surface area contributed by atoms with E-state index in [1.54, 1.807) is 0 Å². The third kappa shape index (κ3) is 13.9. The van der Waals surface area contributed by atoms with Crippen molar-refractivity contribution in [3.8, 4) is 24.3 Å². The van der Waals surface area contributed by atoms with Gasteiger partial charge in [-0.1, -0.05) is 55.4 Å². The van der Waals surface area contributed by atoms with E-state index in [9.17, 15) is 0 Å². The fourth-order valence-corrected chi connectivity index (χ4v) is 7.12.